The van der Waals surface area contributed by atoms with Crippen molar-refractivity contribution in [3.05, 3.63) is 36.6 Å². The van der Waals surface area contributed by atoms with Crippen molar-refractivity contribution >= 4 is 12.0 Å². The number of likely N-dealkylation sites (tertiary alicyclic amines) is 1. The van der Waals surface area contributed by atoms with Gasteiger partial charge in [0.05, 0.1) is 12.1 Å². The number of ether oxygens (including phenoxy) is 2. The molecule has 0 saturated carbocycles. The van der Waals surface area contributed by atoms with E-state index < -0.39 is 6.10 Å². The highest BCUT2D eigenvalue weighted by atomic mass is 16.6. The summed E-state index contributed by atoms with van der Waals surface area (Å²) in [4.78, 5) is 26.1. The van der Waals surface area contributed by atoms with Gasteiger partial charge in [0, 0.05) is 25.4 Å². The van der Waals surface area contributed by atoms with E-state index in [9.17, 15) is 9.59 Å². The third-order valence-electron chi connectivity index (χ3n) is 5.25. The van der Waals surface area contributed by atoms with E-state index in [4.69, 9.17) is 9.47 Å². The molecule has 2 fully saturated rings. The van der Waals surface area contributed by atoms with Gasteiger partial charge in [-0.25, -0.2) is 4.79 Å². The van der Waals surface area contributed by atoms with Gasteiger partial charge in [-0.15, -0.1) is 0 Å². The second kappa shape index (κ2) is 11.7. The average Bonchev–Trinajstić information content (AvgIpc) is 2.72. The zero-order chi connectivity index (χ0) is 21.2. The van der Waals surface area contributed by atoms with Crippen molar-refractivity contribution in [3.63, 3.8) is 0 Å². The molecule has 4 atom stereocenters. The number of nitrogens with one attached hydrogen (secondary N) is 2. The van der Waals surface area contributed by atoms with E-state index in [-0.39, 0.29) is 30.4 Å². The molecule has 29 heavy (non-hydrogen) atoms. The maximum atomic E-state index is 12.2. The molecule has 2 aliphatic rings. The number of rotatable bonds is 7. The Morgan fingerprint density at radius 1 is 1.24 bits per heavy atom. The van der Waals surface area contributed by atoms with Gasteiger partial charge in [-0.3, -0.25) is 4.79 Å². The minimum atomic E-state index is -0.455. The van der Waals surface area contributed by atoms with Crippen LogP contribution in [-0.2, 0) is 14.3 Å². The van der Waals surface area contributed by atoms with E-state index in [1.165, 1.54) is 6.08 Å². The van der Waals surface area contributed by atoms with E-state index in [0.29, 0.717) is 0 Å². The third-order valence-corrected chi connectivity index (χ3v) is 5.25. The first-order valence-corrected chi connectivity index (χ1v) is 10.5. The Morgan fingerprint density at radius 3 is 2.62 bits per heavy atom. The molecule has 2 amide bonds. The molecular weight excluding hydrogens is 370 g/mol. The number of carbonyl (C=O) groups excluding carboxylic acids is 2. The Morgan fingerprint density at radius 2 is 1.97 bits per heavy atom. The molecular formula is C22H35N3O4. The van der Waals surface area contributed by atoms with E-state index in [1.54, 1.807) is 24.0 Å². The monoisotopic (exact) mass is 405 g/mol. The molecule has 2 rings (SSSR count). The summed E-state index contributed by atoms with van der Waals surface area (Å²) in [6.45, 7) is 10.9. The van der Waals surface area contributed by atoms with Gasteiger partial charge in [0.1, 0.15) is 12.3 Å². The molecule has 0 aliphatic carbocycles. The van der Waals surface area contributed by atoms with Crippen molar-refractivity contribution in [2.24, 2.45) is 0 Å². The smallest absolute Gasteiger partial charge is 0.410 e. The van der Waals surface area contributed by atoms with Gasteiger partial charge in [-0.05, 0) is 64.5 Å². The number of amides is 2. The summed E-state index contributed by atoms with van der Waals surface area (Å²) in [7, 11) is 0. The highest BCUT2D eigenvalue weighted by molar-refractivity contribution is 5.87. The van der Waals surface area contributed by atoms with Gasteiger partial charge in [-0.1, -0.05) is 12.7 Å². The Bertz CT molecular complexity index is 626. The lowest BCUT2D eigenvalue weighted by atomic mass is 10.0. The van der Waals surface area contributed by atoms with Crippen LogP contribution in [0.3, 0.4) is 0 Å². The lowest BCUT2D eigenvalue weighted by Crippen LogP contribution is -2.50. The predicted octanol–water partition coefficient (Wildman–Crippen LogP) is 3.24. The summed E-state index contributed by atoms with van der Waals surface area (Å²) in [6, 6.07) is -0.0547. The molecule has 0 spiro atoms. The van der Waals surface area contributed by atoms with Gasteiger partial charge < -0.3 is 25.0 Å². The third kappa shape index (κ3) is 7.93. The van der Waals surface area contributed by atoms with Gasteiger partial charge in [0.25, 0.3) is 0 Å². The molecule has 0 aromatic carbocycles. The van der Waals surface area contributed by atoms with Crippen LogP contribution in [0.4, 0.5) is 4.79 Å². The molecule has 0 bridgehead atoms. The molecule has 2 N–H and O–H groups in total. The van der Waals surface area contributed by atoms with Gasteiger partial charge in [0.2, 0.25) is 5.91 Å². The number of hydrogen-bond acceptors (Lipinski definition) is 5. The maximum Gasteiger partial charge on any atom is 0.410 e. The van der Waals surface area contributed by atoms with Crippen molar-refractivity contribution in [1.29, 1.82) is 0 Å². The molecule has 2 saturated heterocycles. The van der Waals surface area contributed by atoms with Gasteiger partial charge in [0.15, 0.2) is 0 Å². The lowest BCUT2D eigenvalue weighted by Gasteiger charge is -2.35. The minimum absolute atomic E-state index is 0.0547. The Labute approximate surface area is 174 Å². The molecule has 0 aromatic heterocycles. The van der Waals surface area contributed by atoms with Crippen molar-refractivity contribution in [1.82, 2.24) is 15.5 Å². The van der Waals surface area contributed by atoms with Gasteiger partial charge in [-0.2, -0.15) is 0 Å². The van der Waals surface area contributed by atoms with Crippen LogP contribution in [0.1, 0.15) is 52.9 Å². The van der Waals surface area contributed by atoms with Gasteiger partial charge >= 0.3 is 6.09 Å². The normalized spacial score (nSPS) is 26.7. The van der Waals surface area contributed by atoms with Crippen LogP contribution in [-0.4, -0.2) is 54.5 Å². The summed E-state index contributed by atoms with van der Waals surface area (Å²) >= 11 is 0. The van der Waals surface area contributed by atoms with Crippen LogP contribution in [0.15, 0.2) is 36.6 Å². The van der Waals surface area contributed by atoms with E-state index in [0.717, 1.165) is 50.8 Å². The number of allylic oxidation sites excluding steroid dienone is 2. The Balaban J connectivity index is 1.72. The highest BCUT2D eigenvalue weighted by Gasteiger charge is 2.28. The highest BCUT2D eigenvalue weighted by Crippen LogP contribution is 2.18. The summed E-state index contributed by atoms with van der Waals surface area (Å²) in [5.41, 5.74) is 1.04. The Hall–Kier alpha value is -2.28. The second-order valence-corrected chi connectivity index (χ2v) is 7.78. The number of hydrogen-bond donors (Lipinski definition) is 2. The summed E-state index contributed by atoms with van der Waals surface area (Å²) < 4.78 is 11.3. The van der Waals surface area contributed by atoms with E-state index >= 15 is 0 Å². The van der Waals surface area contributed by atoms with Crippen LogP contribution in [0.25, 0.3) is 0 Å². The van der Waals surface area contributed by atoms with Crippen molar-refractivity contribution in [3.8, 4) is 0 Å². The standard InChI is InChI=1S/C22H35N3O4/c1-5-16(2)15-23-21-12-10-19(18(4)29-21)24-20(26)11-9-17(3)28-22(27)25-13-7-6-8-14-25/h5,9,11,15,17-19,21,23H,1,6-8,10,12-14H2,2-4H3,(H,24,26)/b11-9-,16-15+. The van der Waals surface area contributed by atoms with Crippen LogP contribution >= 0.6 is 0 Å². The number of nitrogens with zero attached hydrogens (tertiary/aromatic N) is 1. The summed E-state index contributed by atoms with van der Waals surface area (Å²) in [6.07, 6.45) is 10.6. The first-order chi connectivity index (χ1) is 13.9. The Kier molecular flexibility index (Phi) is 9.25. The fraction of sp³-hybridized carbons (Fsp3) is 0.636. The van der Waals surface area contributed by atoms with E-state index in [2.05, 4.69) is 17.2 Å². The first kappa shape index (κ1) is 23.0. The van der Waals surface area contributed by atoms with Crippen LogP contribution in [0.5, 0.6) is 0 Å². The summed E-state index contributed by atoms with van der Waals surface area (Å²) in [5.74, 6) is -0.208. The minimum Gasteiger partial charge on any atom is -0.442 e. The van der Waals surface area contributed by atoms with Crippen LogP contribution < -0.4 is 10.6 Å². The molecule has 2 heterocycles. The number of piperidine rings is 1. The average molecular weight is 406 g/mol. The largest absolute Gasteiger partial charge is 0.442 e. The number of carbonyl (C=O) groups is 2. The molecule has 4 unspecified atom stereocenters. The fourth-order valence-corrected chi connectivity index (χ4v) is 3.39. The van der Waals surface area contributed by atoms with E-state index in [1.807, 2.05) is 20.0 Å². The first-order valence-electron chi connectivity index (χ1n) is 10.5. The molecule has 2 aliphatic heterocycles. The SMILES string of the molecule is C=C/C(C)=C/NC1CCC(NC(=O)/C=C\C(C)OC(=O)N2CCCCC2)C(C)O1. The summed E-state index contributed by atoms with van der Waals surface area (Å²) in [5, 5.41) is 6.20. The fourth-order valence-electron chi connectivity index (χ4n) is 3.39. The van der Waals surface area contributed by atoms with Crippen molar-refractivity contribution in [2.75, 3.05) is 13.1 Å². The topological polar surface area (TPSA) is 79.9 Å². The zero-order valence-corrected chi connectivity index (χ0v) is 17.9. The zero-order valence-electron chi connectivity index (χ0n) is 17.9. The molecule has 0 aromatic rings. The molecule has 0 radical (unpaired) electrons. The maximum absolute atomic E-state index is 12.2. The molecule has 162 valence electrons. The van der Waals surface area contributed by atoms with Crippen LogP contribution in [0, 0.1) is 0 Å². The van der Waals surface area contributed by atoms with Crippen molar-refractivity contribution < 1.29 is 19.1 Å². The second-order valence-electron chi connectivity index (χ2n) is 7.78. The predicted molar refractivity (Wildman–Crippen MR) is 113 cm³/mol. The molecule has 7 heteroatoms. The van der Waals surface area contributed by atoms with Crippen molar-refractivity contribution in [2.45, 2.75) is 77.4 Å². The van der Waals surface area contributed by atoms with Crippen LogP contribution in [0.2, 0.25) is 0 Å². The molecule has 7 nitrogen and oxygen atoms in total. The quantitative estimate of drug-likeness (QED) is 0.502. The lowest BCUT2D eigenvalue weighted by molar-refractivity contribution is -0.121.